The van der Waals surface area contributed by atoms with Gasteiger partial charge < -0.3 is 10.2 Å². The minimum absolute atomic E-state index is 0.419. The van der Waals surface area contributed by atoms with E-state index in [4.69, 9.17) is 10.2 Å². The lowest BCUT2D eigenvalue weighted by Gasteiger charge is -2.31. The number of rotatable bonds is 1. The Hall–Kier alpha value is -0.570. The molecule has 0 aliphatic heterocycles. The van der Waals surface area contributed by atoms with Gasteiger partial charge in [0.2, 0.25) is 0 Å². The first-order valence-corrected chi connectivity index (χ1v) is 2.61. The average Bonchev–Trinajstić information content (AvgIpc) is 1.60. The third kappa shape index (κ3) is 0.591. The van der Waals surface area contributed by atoms with Gasteiger partial charge in [-0.3, -0.25) is 0 Å². The molecule has 1 saturated carbocycles. The van der Waals surface area contributed by atoms with Crippen LogP contribution < -0.4 is 0 Å². The predicted octanol–water partition coefficient (Wildman–Crippen LogP) is -0.0140. The van der Waals surface area contributed by atoms with Crippen molar-refractivity contribution in [1.82, 2.24) is 0 Å². The summed E-state index contributed by atoms with van der Waals surface area (Å²) in [4.78, 5) is 10.1. The molecule has 0 amide bonds. The van der Waals surface area contributed by atoms with Gasteiger partial charge in [0.25, 0.3) is 0 Å². The standard InChI is InChI=1S/C5H8O3/c6-4(7)5(8)2-1-3-5/h8H,1-3H2,(H,6,7). The van der Waals surface area contributed by atoms with Gasteiger partial charge in [-0.2, -0.15) is 0 Å². The van der Waals surface area contributed by atoms with E-state index in [0.29, 0.717) is 12.8 Å². The van der Waals surface area contributed by atoms with Crippen LogP contribution in [0.1, 0.15) is 19.3 Å². The normalized spacial score (nSPS) is 24.1. The Kier molecular flexibility index (Phi) is 1.01. The lowest BCUT2D eigenvalue weighted by Crippen LogP contribution is -2.44. The topological polar surface area (TPSA) is 57.5 Å². The van der Waals surface area contributed by atoms with E-state index < -0.39 is 11.6 Å². The highest BCUT2D eigenvalue weighted by molar-refractivity contribution is 5.78. The zero-order valence-corrected chi connectivity index (χ0v) is 4.42. The molecular formula is C5H8O3. The second-order valence-corrected chi connectivity index (χ2v) is 2.19. The molecule has 0 saturated heterocycles. The molecule has 8 heavy (non-hydrogen) atoms. The van der Waals surface area contributed by atoms with E-state index in [9.17, 15) is 4.79 Å². The first-order chi connectivity index (χ1) is 3.65. The van der Waals surface area contributed by atoms with E-state index in [-0.39, 0.29) is 0 Å². The summed E-state index contributed by atoms with van der Waals surface area (Å²) < 4.78 is 0. The Labute approximate surface area is 46.9 Å². The van der Waals surface area contributed by atoms with Crippen LogP contribution in [-0.2, 0) is 4.79 Å². The third-order valence-electron chi connectivity index (χ3n) is 1.58. The molecule has 0 aromatic carbocycles. The summed E-state index contributed by atoms with van der Waals surface area (Å²) in [6.07, 6.45) is 1.67. The van der Waals surface area contributed by atoms with Crippen molar-refractivity contribution < 1.29 is 15.0 Å². The maximum atomic E-state index is 10.1. The molecule has 1 fully saturated rings. The molecule has 0 aromatic heterocycles. The van der Waals surface area contributed by atoms with Gasteiger partial charge in [0.05, 0.1) is 0 Å². The maximum Gasteiger partial charge on any atom is 0.335 e. The first kappa shape index (κ1) is 5.56. The van der Waals surface area contributed by atoms with Gasteiger partial charge in [-0.25, -0.2) is 4.79 Å². The number of carbonyl (C=O) groups is 1. The van der Waals surface area contributed by atoms with Crippen molar-refractivity contribution in [2.24, 2.45) is 0 Å². The van der Waals surface area contributed by atoms with Crippen LogP contribution in [0.15, 0.2) is 0 Å². The fraction of sp³-hybridized carbons (Fsp3) is 0.800. The molecule has 2 N–H and O–H groups in total. The zero-order valence-electron chi connectivity index (χ0n) is 4.42. The van der Waals surface area contributed by atoms with Crippen LogP contribution in [0, 0.1) is 0 Å². The Bertz CT molecular complexity index is 115. The van der Waals surface area contributed by atoms with E-state index in [2.05, 4.69) is 0 Å². The summed E-state index contributed by atoms with van der Waals surface area (Å²) in [6.45, 7) is 0. The van der Waals surface area contributed by atoms with Crippen LogP contribution in [0.2, 0.25) is 0 Å². The first-order valence-electron chi connectivity index (χ1n) is 2.61. The molecule has 0 radical (unpaired) electrons. The molecule has 1 aliphatic carbocycles. The smallest absolute Gasteiger partial charge is 0.335 e. The number of aliphatic carboxylic acids is 1. The fourth-order valence-electron chi connectivity index (χ4n) is 0.726. The van der Waals surface area contributed by atoms with Crippen molar-refractivity contribution in [2.45, 2.75) is 24.9 Å². The monoisotopic (exact) mass is 116 g/mol. The van der Waals surface area contributed by atoms with Crippen LogP contribution in [0.4, 0.5) is 0 Å². The van der Waals surface area contributed by atoms with Crippen LogP contribution in [0.25, 0.3) is 0 Å². The van der Waals surface area contributed by atoms with Gasteiger partial charge in [0.15, 0.2) is 5.60 Å². The number of hydrogen-bond donors (Lipinski definition) is 2. The van der Waals surface area contributed by atoms with Crippen molar-refractivity contribution in [1.29, 1.82) is 0 Å². The minimum Gasteiger partial charge on any atom is -0.479 e. The zero-order chi connectivity index (χ0) is 6.20. The molecule has 1 aliphatic rings. The summed E-state index contributed by atoms with van der Waals surface area (Å²) in [5.41, 5.74) is -1.36. The predicted molar refractivity (Wildman–Crippen MR) is 26.4 cm³/mol. The van der Waals surface area contributed by atoms with Crippen molar-refractivity contribution in [3.63, 3.8) is 0 Å². The number of hydrogen-bond acceptors (Lipinski definition) is 2. The van der Waals surface area contributed by atoms with E-state index in [1.807, 2.05) is 0 Å². The SMILES string of the molecule is O=C(O)C1(O)CCC1. The Morgan fingerprint density at radius 2 is 2.00 bits per heavy atom. The largest absolute Gasteiger partial charge is 0.479 e. The fourth-order valence-corrected chi connectivity index (χ4v) is 0.726. The van der Waals surface area contributed by atoms with E-state index in [0.717, 1.165) is 6.42 Å². The van der Waals surface area contributed by atoms with Gasteiger partial charge in [-0.15, -0.1) is 0 Å². The number of carboxylic acid groups (broad SMARTS) is 1. The minimum atomic E-state index is -1.36. The van der Waals surface area contributed by atoms with Gasteiger partial charge in [-0.05, 0) is 19.3 Å². The average molecular weight is 116 g/mol. The highest BCUT2D eigenvalue weighted by atomic mass is 16.4. The van der Waals surface area contributed by atoms with Gasteiger partial charge in [0.1, 0.15) is 0 Å². The van der Waals surface area contributed by atoms with Crippen LogP contribution >= 0.6 is 0 Å². The van der Waals surface area contributed by atoms with Gasteiger partial charge in [-0.1, -0.05) is 0 Å². The summed E-state index contributed by atoms with van der Waals surface area (Å²) in [5.74, 6) is -1.08. The molecule has 0 aromatic rings. The maximum absolute atomic E-state index is 10.1. The van der Waals surface area contributed by atoms with Crippen LogP contribution in [-0.4, -0.2) is 21.8 Å². The lowest BCUT2D eigenvalue weighted by atomic mass is 9.81. The molecule has 1 rings (SSSR count). The summed E-state index contributed by atoms with van der Waals surface area (Å²) in [6, 6.07) is 0. The highest BCUT2D eigenvalue weighted by Crippen LogP contribution is 2.31. The Morgan fingerprint density at radius 1 is 1.50 bits per heavy atom. The molecule has 3 nitrogen and oxygen atoms in total. The molecule has 0 bridgehead atoms. The van der Waals surface area contributed by atoms with Gasteiger partial charge in [0, 0.05) is 0 Å². The quantitative estimate of drug-likeness (QED) is 0.506. The molecule has 0 heterocycles. The van der Waals surface area contributed by atoms with Crippen LogP contribution in [0.5, 0.6) is 0 Å². The molecule has 0 spiro atoms. The van der Waals surface area contributed by atoms with Gasteiger partial charge >= 0.3 is 5.97 Å². The second-order valence-electron chi connectivity index (χ2n) is 2.19. The van der Waals surface area contributed by atoms with Crippen LogP contribution in [0.3, 0.4) is 0 Å². The molecular weight excluding hydrogens is 108 g/mol. The molecule has 0 atom stereocenters. The van der Waals surface area contributed by atoms with Crippen molar-refractivity contribution in [3.8, 4) is 0 Å². The van der Waals surface area contributed by atoms with Crippen molar-refractivity contribution in [3.05, 3.63) is 0 Å². The van der Waals surface area contributed by atoms with Crippen molar-refractivity contribution >= 4 is 5.97 Å². The Morgan fingerprint density at radius 3 is 2.00 bits per heavy atom. The summed E-state index contributed by atoms with van der Waals surface area (Å²) in [7, 11) is 0. The second kappa shape index (κ2) is 1.45. The summed E-state index contributed by atoms with van der Waals surface area (Å²) in [5, 5.41) is 17.1. The third-order valence-corrected chi connectivity index (χ3v) is 1.58. The molecule has 3 heteroatoms. The summed E-state index contributed by atoms with van der Waals surface area (Å²) >= 11 is 0. The lowest BCUT2D eigenvalue weighted by molar-refractivity contribution is -0.167. The molecule has 46 valence electrons. The highest BCUT2D eigenvalue weighted by Gasteiger charge is 2.41. The number of aliphatic hydroxyl groups is 1. The van der Waals surface area contributed by atoms with E-state index in [1.54, 1.807) is 0 Å². The van der Waals surface area contributed by atoms with Crippen molar-refractivity contribution in [2.75, 3.05) is 0 Å². The van der Waals surface area contributed by atoms with E-state index >= 15 is 0 Å². The van der Waals surface area contributed by atoms with E-state index in [1.165, 1.54) is 0 Å². The number of carboxylic acids is 1. The molecule has 0 unspecified atom stereocenters. The Balaban J connectivity index is 2.53.